The second-order valence-corrected chi connectivity index (χ2v) is 6.47. The highest BCUT2D eigenvalue weighted by Crippen LogP contribution is 2.21. The lowest BCUT2D eigenvalue weighted by molar-refractivity contribution is -0.120. The van der Waals surface area contributed by atoms with Crippen molar-refractivity contribution >= 4 is 17.8 Å². The van der Waals surface area contributed by atoms with E-state index in [1.165, 1.54) is 25.3 Å². The highest BCUT2D eigenvalue weighted by Gasteiger charge is 2.24. The van der Waals surface area contributed by atoms with E-state index in [1.807, 2.05) is 10.7 Å². The molecule has 0 radical (unpaired) electrons. The maximum atomic E-state index is 12.9. The maximum Gasteiger partial charge on any atom is 0.338 e. The van der Waals surface area contributed by atoms with Crippen LogP contribution in [0.15, 0.2) is 24.3 Å². The summed E-state index contributed by atoms with van der Waals surface area (Å²) in [7, 11) is 1.24. The first-order chi connectivity index (χ1) is 13.4. The van der Waals surface area contributed by atoms with Gasteiger partial charge in [-0.05, 0) is 24.3 Å². The van der Waals surface area contributed by atoms with E-state index in [0.717, 1.165) is 11.4 Å². The summed E-state index contributed by atoms with van der Waals surface area (Å²) in [4.78, 5) is 37.6. The third-order valence-electron chi connectivity index (χ3n) is 4.51. The lowest BCUT2D eigenvalue weighted by Gasteiger charge is -2.27. The summed E-state index contributed by atoms with van der Waals surface area (Å²) in [5.41, 5.74) is 1.91. The number of hydrogen-bond acceptors (Lipinski definition) is 6. The van der Waals surface area contributed by atoms with Crippen molar-refractivity contribution in [1.82, 2.24) is 20.0 Å². The SMILES string of the molecule is CCC(=O)NCc1cc2n(n1)CCN(C(=O)c1cc(O)cc(C(=O)OC)c1)C2. The molecule has 9 nitrogen and oxygen atoms in total. The van der Waals surface area contributed by atoms with Gasteiger partial charge >= 0.3 is 5.97 Å². The van der Waals surface area contributed by atoms with Crippen LogP contribution in [-0.2, 0) is 29.2 Å². The number of fused-ring (bicyclic) bond motifs is 1. The molecule has 1 aliphatic rings. The molecular formula is C19H22N4O5. The summed E-state index contributed by atoms with van der Waals surface area (Å²) in [5, 5.41) is 17.1. The average molecular weight is 386 g/mol. The number of phenolic OH excluding ortho intramolecular Hbond substituents is 1. The number of rotatable bonds is 5. The van der Waals surface area contributed by atoms with E-state index in [1.54, 1.807) is 11.8 Å². The number of hydrogen-bond donors (Lipinski definition) is 2. The van der Waals surface area contributed by atoms with Gasteiger partial charge < -0.3 is 20.1 Å². The van der Waals surface area contributed by atoms with Gasteiger partial charge in [-0.15, -0.1) is 0 Å². The van der Waals surface area contributed by atoms with Crippen molar-refractivity contribution < 1.29 is 24.2 Å². The smallest absolute Gasteiger partial charge is 0.338 e. The fraction of sp³-hybridized carbons (Fsp3) is 0.368. The van der Waals surface area contributed by atoms with Gasteiger partial charge in [0.25, 0.3) is 5.91 Å². The van der Waals surface area contributed by atoms with Crippen molar-refractivity contribution in [2.24, 2.45) is 0 Å². The van der Waals surface area contributed by atoms with E-state index in [-0.39, 0.29) is 28.7 Å². The second-order valence-electron chi connectivity index (χ2n) is 6.47. The molecular weight excluding hydrogens is 364 g/mol. The van der Waals surface area contributed by atoms with Crippen LogP contribution >= 0.6 is 0 Å². The lowest BCUT2D eigenvalue weighted by atomic mass is 10.1. The Morgan fingerprint density at radius 1 is 1.18 bits per heavy atom. The molecule has 0 fully saturated rings. The van der Waals surface area contributed by atoms with E-state index >= 15 is 0 Å². The minimum atomic E-state index is -0.625. The molecule has 0 saturated carbocycles. The molecule has 0 unspecified atom stereocenters. The molecule has 0 bridgehead atoms. The summed E-state index contributed by atoms with van der Waals surface area (Å²) >= 11 is 0. The van der Waals surface area contributed by atoms with Crippen LogP contribution in [0, 0.1) is 0 Å². The minimum absolute atomic E-state index is 0.0481. The Morgan fingerprint density at radius 2 is 1.93 bits per heavy atom. The number of benzene rings is 1. The molecule has 28 heavy (non-hydrogen) atoms. The second kappa shape index (κ2) is 8.12. The van der Waals surface area contributed by atoms with Crippen LogP contribution < -0.4 is 5.32 Å². The molecule has 2 heterocycles. The normalized spacial score (nSPS) is 13.0. The first-order valence-corrected chi connectivity index (χ1v) is 8.95. The molecule has 0 aliphatic carbocycles. The summed E-state index contributed by atoms with van der Waals surface area (Å²) in [5.74, 6) is -1.15. The van der Waals surface area contributed by atoms with Crippen molar-refractivity contribution in [3.8, 4) is 5.75 Å². The number of ether oxygens (including phenoxy) is 1. The fourth-order valence-electron chi connectivity index (χ4n) is 3.05. The predicted octanol–water partition coefficient (Wildman–Crippen LogP) is 1.06. The van der Waals surface area contributed by atoms with E-state index in [2.05, 4.69) is 15.2 Å². The Bertz CT molecular complexity index is 921. The topological polar surface area (TPSA) is 114 Å². The zero-order valence-electron chi connectivity index (χ0n) is 15.8. The predicted molar refractivity (Wildman–Crippen MR) is 98.6 cm³/mol. The van der Waals surface area contributed by atoms with Crippen molar-refractivity contribution in [1.29, 1.82) is 0 Å². The van der Waals surface area contributed by atoms with Gasteiger partial charge in [0.15, 0.2) is 0 Å². The van der Waals surface area contributed by atoms with Gasteiger partial charge in [0.05, 0.1) is 43.7 Å². The number of carbonyl (C=O) groups is 3. The molecule has 3 rings (SSSR count). The number of nitrogens with zero attached hydrogens (tertiary/aromatic N) is 3. The van der Waals surface area contributed by atoms with E-state index in [4.69, 9.17) is 0 Å². The van der Waals surface area contributed by atoms with Crippen LogP contribution in [0.4, 0.5) is 0 Å². The third-order valence-corrected chi connectivity index (χ3v) is 4.51. The molecule has 148 valence electrons. The summed E-state index contributed by atoms with van der Waals surface area (Å²) < 4.78 is 6.47. The van der Waals surface area contributed by atoms with Crippen LogP contribution in [0.1, 0.15) is 45.4 Å². The number of methoxy groups -OCH3 is 1. The van der Waals surface area contributed by atoms with Crippen molar-refractivity contribution in [2.45, 2.75) is 33.0 Å². The van der Waals surface area contributed by atoms with Crippen LogP contribution in [0.2, 0.25) is 0 Å². The Balaban J connectivity index is 1.74. The number of aromatic hydroxyl groups is 1. The van der Waals surface area contributed by atoms with Gasteiger partial charge in [0, 0.05) is 18.5 Å². The number of nitrogens with one attached hydrogen (secondary N) is 1. The Labute approximate surface area is 161 Å². The molecule has 0 atom stereocenters. The molecule has 1 aromatic carbocycles. The number of phenols is 1. The van der Waals surface area contributed by atoms with E-state index in [0.29, 0.717) is 32.6 Å². The van der Waals surface area contributed by atoms with Gasteiger partial charge in [-0.1, -0.05) is 6.92 Å². The van der Waals surface area contributed by atoms with Gasteiger partial charge in [-0.25, -0.2) is 4.79 Å². The fourth-order valence-corrected chi connectivity index (χ4v) is 3.05. The highest BCUT2D eigenvalue weighted by atomic mass is 16.5. The molecule has 9 heteroatoms. The van der Waals surface area contributed by atoms with Gasteiger partial charge in [0.2, 0.25) is 5.91 Å². The molecule has 2 amide bonds. The number of aromatic nitrogens is 2. The monoisotopic (exact) mass is 386 g/mol. The Morgan fingerprint density at radius 3 is 2.64 bits per heavy atom. The summed E-state index contributed by atoms with van der Waals surface area (Å²) in [6.45, 7) is 3.43. The number of amides is 2. The van der Waals surface area contributed by atoms with Gasteiger partial charge in [-0.2, -0.15) is 5.10 Å². The summed E-state index contributed by atoms with van der Waals surface area (Å²) in [6, 6.07) is 5.85. The molecule has 2 aromatic rings. The molecule has 0 spiro atoms. The van der Waals surface area contributed by atoms with Crippen LogP contribution in [0.3, 0.4) is 0 Å². The standard InChI is InChI=1S/C19H22N4O5/c1-3-17(25)20-10-14-9-15-11-22(4-5-23(15)21-14)18(26)12-6-13(19(27)28-2)8-16(24)7-12/h6-9,24H,3-5,10-11H2,1-2H3,(H,20,25). The van der Waals surface area contributed by atoms with E-state index in [9.17, 15) is 19.5 Å². The number of carbonyl (C=O) groups excluding carboxylic acids is 3. The zero-order valence-corrected chi connectivity index (χ0v) is 15.8. The largest absolute Gasteiger partial charge is 0.508 e. The third kappa shape index (κ3) is 4.13. The Kier molecular flexibility index (Phi) is 5.62. The Hall–Kier alpha value is -3.36. The van der Waals surface area contributed by atoms with Crippen LogP contribution in [-0.4, -0.2) is 51.2 Å². The lowest BCUT2D eigenvalue weighted by Crippen LogP contribution is -2.38. The first kappa shape index (κ1) is 19.4. The summed E-state index contributed by atoms with van der Waals surface area (Å²) in [6.07, 6.45) is 0.410. The van der Waals surface area contributed by atoms with Crippen LogP contribution in [0.5, 0.6) is 5.75 Å². The van der Waals surface area contributed by atoms with Gasteiger partial charge in [-0.3, -0.25) is 14.3 Å². The van der Waals surface area contributed by atoms with Crippen molar-refractivity contribution in [3.05, 3.63) is 46.8 Å². The zero-order chi connectivity index (χ0) is 20.3. The molecule has 2 N–H and O–H groups in total. The molecule has 1 aliphatic heterocycles. The van der Waals surface area contributed by atoms with Gasteiger partial charge in [0.1, 0.15) is 5.75 Å². The van der Waals surface area contributed by atoms with Crippen LogP contribution in [0.25, 0.3) is 0 Å². The maximum absolute atomic E-state index is 12.9. The molecule has 1 aromatic heterocycles. The number of esters is 1. The molecule has 0 saturated heterocycles. The van der Waals surface area contributed by atoms with Crippen molar-refractivity contribution in [3.63, 3.8) is 0 Å². The van der Waals surface area contributed by atoms with Crippen molar-refractivity contribution in [2.75, 3.05) is 13.7 Å². The van der Waals surface area contributed by atoms with E-state index < -0.39 is 5.97 Å². The quantitative estimate of drug-likeness (QED) is 0.743. The minimum Gasteiger partial charge on any atom is -0.508 e. The average Bonchev–Trinajstić information content (AvgIpc) is 3.12. The highest BCUT2D eigenvalue weighted by molar-refractivity contribution is 5.98. The first-order valence-electron chi connectivity index (χ1n) is 8.95.